The van der Waals surface area contributed by atoms with Crippen molar-refractivity contribution in [2.45, 2.75) is 26.3 Å². The summed E-state index contributed by atoms with van der Waals surface area (Å²) in [6, 6.07) is 16.2. The van der Waals surface area contributed by atoms with Crippen LogP contribution in [0.2, 0.25) is 0 Å². The molecular weight excluding hydrogens is 272 g/mol. The monoisotopic (exact) mass is 294 g/mol. The third kappa shape index (κ3) is 3.30. The highest BCUT2D eigenvalue weighted by molar-refractivity contribution is 5.95. The summed E-state index contributed by atoms with van der Waals surface area (Å²) < 4.78 is 0. The largest absolute Gasteiger partial charge is 0.372 e. The second kappa shape index (κ2) is 6.65. The van der Waals surface area contributed by atoms with Crippen LogP contribution < -0.4 is 10.2 Å². The first-order valence-electron chi connectivity index (χ1n) is 7.92. The summed E-state index contributed by atoms with van der Waals surface area (Å²) >= 11 is 0. The molecule has 0 spiro atoms. The van der Waals surface area contributed by atoms with Crippen molar-refractivity contribution < 1.29 is 4.79 Å². The van der Waals surface area contributed by atoms with E-state index in [0.717, 1.165) is 29.8 Å². The molecule has 3 nitrogen and oxygen atoms in total. The van der Waals surface area contributed by atoms with E-state index in [1.807, 2.05) is 31.2 Å². The lowest BCUT2D eigenvalue weighted by molar-refractivity contribution is 0.0950. The number of benzene rings is 2. The number of hydrogen-bond donors (Lipinski definition) is 1. The van der Waals surface area contributed by atoms with E-state index in [4.69, 9.17) is 0 Å². The van der Waals surface area contributed by atoms with Gasteiger partial charge in [0.05, 0.1) is 0 Å². The fourth-order valence-corrected chi connectivity index (χ4v) is 2.91. The average Bonchev–Trinajstić information content (AvgIpc) is 3.08. The van der Waals surface area contributed by atoms with Crippen LogP contribution >= 0.6 is 0 Å². The standard InChI is InChI=1S/C19H22N2O/c1-15-6-2-3-7-18(15)19(22)20-14-16-8-10-17(11-9-16)21-12-4-5-13-21/h2-3,6-11H,4-5,12-14H2,1H3,(H,20,22). The molecule has 0 aliphatic carbocycles. The summed E-state index contributed by atoms with van der Waals surface area (Å²) in [4.78, 5) is 14.6. The molecule has 3 heteroatoms. The first-order chi connectivity index (χ1) is 10.7. The van der Waals surface area contributed by atoms with Crippen LogP contribution in [0.4, 0.5) is 5.69 Å². The van der Waals surface area contributed by atoms with Gasteiger partial charge in [0.1, 0.15) is 0 Å². The Hall–Kier alpha value is -2.29. The summed E-state index contributed by atoms with van der Waals surface area (Å²) in [5.74, 6) is -0.0123. The summed E-state index contributed by atoms with van der Waals surface area (Å²) in [6.45, 7) is 4.83. The Kier molecular flexibility index (Phi) is 4.42. The van der Waals surface area contributed by atoms with Gasteiger partial charge in [0.2, 0.25) is 0 Å². The molecule has 2 aromatic rings. The maximum Gasteiger partial charge on any atom is 0.251 e. The van der Waals surface area contributed by atoms with Gasteiger partial charge < -0.3 is 10.2 Å². The molecule has 2 aromatic carbocycles. The van der Waals surface area contributed by atoms with Crippen molar-refractivity contribution in [2.24, 2.45) is 0 Å². The van der Waals surface area contributed by atoms with Crippen LogP contribution in [0.5, 0.6) is 0 Å². The molecule has 0 radical (unpaired) electrons. The predicted octanol–water partition coefficient (Wildman–Crippen LogP) is 3.53. The van der Waals surface area contributed by atoms with Crippen LogP contribution in [0.15, 0.2) is 48.5 Å². The SMILES string of the molecule is Cc1ccccc1C(=O)NCc1ccc(N2CCCC2)cc1. The number of nitrogens with zero attached hydrogens (tertiary/aromatic N) is 1. The molecule has 0 unspecified atom stereocenters. The zero-order valence-electron chi connectivity index (χ0n) is 13.0. The normalized spacial score (nSPS) is 14.1. The molecule has 3 rings (SSSR count). The molecule has 1 fully saturated rings. The van der Waals surface area contributed by atoms with Crippen LogP contribution in [0.25, 0.3) is 0 Å². The molecule has 0 atom stereocenters. The highest BCUT2D eigenvalue weighted by Crippen LogP contribution is 2.20. The van der Waals surface area contributed by atoms with Crippen LogP contribution in [-0.2, 0) is 6.54 Å². The average molecular weight is 294 g/mol. The Balaban J connectivity index is 1.59. The van der Waals surface area contributed by atoms with E-state index in [0.29, 0.717) is 6.54 Å². The second-order valence-electron chi connectivity index (χ2n) is 5.86. The molecule has 1 saturated heterocycles. The zero-order valence-corrected chi connectivity index (χ0v) is 13.0. The predicted molar refractivity (Wildman–Crippen MR) is 90.2 cm³/mol. The van der Waals surface area contributed by atoms with Gasteiger partial charge in [0.25, 0.3) is 5.91 Å². The fraction of sp³-hybridized carbons (Fsp3) is 0.316. The maximum atomic E-state index is 12.2. The van der Waals surface area contributed by atoms with Crippen molar-refractivity contribution in [1.29, 1.82) is 0 Å². The number of carbonyl (C=O) groups is 1. The number of aryl methyl sites for hydroxylation is 1. The van der Waals surface area contributed by atoms with Gasteiger partial charge in [0, 0.05) is 30.9 Å². The lowest BCUT2D eigenvalue weighted by atomic mass is 10.1. The summed E-state index contributed by atoms with van der Waals surface area (Å²) in [5, 5.41) is 2.99. The van der Waals surface area contributed by atoms with Gasteiger partial charge in [-0.3, -0.25) is 4.79 Å². The first kappa shape index (κ1) is 14.6. The number of carbonyl (C=O) groups excluding carboxylic acids is 1. The molecule has 1 heterocycles. The Morgan fingerprint density at radius 1 is 1.05 bits per heavy atom. The minimum atomic E-state index is -0.0123. The van der Waals surface area contributed by atoms with Gasteiger partial charge in [-0.2, -0.15) is 0 Å². The minimum Gasteiger partial charge on any atom is -0.372 e. The van der Waals surface area contributed by atoms with Crippen LogP contribution in [0, 0.1) is 6.92 Å². The van der Waals surface area contributed by atoms with Gasteiger partial charge in [-0.15, -0.1) is 0 Å². The van der Waals surface area contributed by atoms with Gasteiger partial charge in [-0.25, -0.2) is 0 Å². The van der Waals surface area contributed by atoms with Gasteiger partial charge in [-0.05, 0) is 49.1 Å². The minimum absolute atomic E-state index is 0.0123. The summed E-state index contributed by atoms with van der Waals surface area (Å²) in [6.07, 6.45) is 2.57. The Morgan fingerprint density at radius 3 is 2.41 bits per heavy atom. The van der Waals surface area contributed by atoms with Crippen LogP contribution in [-0.4, -0.2) is 19.0 Å². The van der Waals surface area contributed by atoms with Crippen molar-refractivity contribution in [3.63, 3.8) is 0 Å². The molecule has 22 heavy (non-hydrogen) atoms. The van der Waals surface area contributed by atoms with E-state index in [1.54, 1.807) is 0 Å². The molecule has 0 saturated carbocycles. The van der Waals surface area contributed by atoms with Gasteiger partial charge >= 0.3 is 0 Å². The number of anilines is 1. The lowest BCUT2D eigenvalue weighted by Gasteiger charge is -2.17. The molecule has 1 amide bonds. The highest BCUT2D eigenvalue weighted by Gasteiger charge is 2.12. The van der Waals surface area contributed by atoms with E-state index in [2.05, 4.69) is 34.5 Å². The lowest BCUT2D eigenvalue weighted by Crippen LogP contribution is -2.23. The van der Waals surface area contributed by atoms with E-state index < -0.39 is 0 Å². The third-order valence-corrected chi connectivity index (χ3v) is 4.25. The number of nitrogens with one attached hydrogen (secondary N) is 1. The Labute approximate surface area is 132 Å². The van der Waals surface area contributed by atoms with E-state index in [-0.39, 0.29) is 5.91 Å². The molecule has 1 aliphatic rings. The summed E-state index contributed by atoms with van der Waals surface area (Å²) in [7, 11) is 0. The second-order valence-corrected chi connectivity index (χ2v) is 5.86. The number of hydrogen-bond acceptors (Lipinski definition) is 2. The zero-order chi connectivity index (χ0) is 15.4. The topological polar surface area (TPSA) is 32.3 Å². The Morgan fingerprint density at radius 2 is 1.73 bits per heavy atom. The first-order valence-corrected chi connectivity index (χ1v) is 7.92. The highest BCUT2D eigenvalue weighted by atomic mass is 16.1. The van der Waals surface area contributed by atoms with E-state index in [1.165, 1.54) is 18.5 Å². The quantitative estimate of drug-likeness (QED) is 0.935. The molecule has 0 bridgehead atoms. The number of rotatable bonds is 4. The maximum absolute atomic E-state index is 12.2. The Bertz CT molecular complexity index is 643. The fourth-order valence-electron chi connectivity index (χ4n) is 2.91. The molecule has 0 aromatic heterocycles. The third-order valence-electron chi connectivity index (χ3n) is 4.25. The van der Waals surface area contributed by atoms with Crippen molar-refractivity contribution in [3.05, 3.63) is 65.2 Å². The van der Waals surface area contributed by atoms with Crippen LogP contribution in [0.1, 0.15) is 34.3 Å². The van der Waals surface area contributed by atoms with Gasteiger partial charge in [0.15, 0.2) is 0 Å². The molecule has 1 aliphatic heterocycles. The van der Waals surface area contributed by atoms with Crippen molar-refractivity contribution in [3.8, 4) is 0 Å². The molecule has 114 valence electrons. The van der Waals surface area contributed by atoms with Crippen LogP contribution in [0.3, 0.4) is 0 Å². The smallest absolute Gasteiger partial charge is 0.251 e. The number of amides is 1. The van der Waals surface area contributed by atoms with Crippen molar-refractivity contribution >= 4 is 11.6 Å². The molecular formula is C19H22N2O. The van der Waals surface area contributed by atoms with E-state index >= 15 is 0 Å². The van der Waals surface area contributed by atoms with Crippen molar-refractivity contribution in [1.82, 2.24) is 5.32 Å². The van der Waals surface area contributed by atoms with Gasteiger partial charge in [-0.1, -0.05) is 30.3 Å². The van der Waals surface area contributed by atoms with E-state index in [9.17, 15) is 4.79 Å². The molecule has 1 N–H and O–H groups in total. The van der Waals surface area contributed by atoms with Crippen molar-refractivity contribution in [2.75, 3.05) is 18.0 Å². The summed E-state index contributed by atoms with van der Waals surface area (Å²) in [5.41, 5.74) is 4.16.